The zero-order chi connectivity index (χ0) is 16.1. The van der Waals surface area contributed by atoms with Gasteiger partial charge in [0.2, 0.25) is 17.7 Å². The second kappa shape index (κ2) is 7.04. The highest BCUT2D eigenvalue weighted by Gasteiger charge is 2.36. The molecule has 1 aromatic rings. The lowest BCUT2D eigenvalue weighted by Gasteiger charge is -2.32. The summed E-state index contributed by atoms with van der Waals surface area (Å²) in [6.07, 6.45) is 0.270. The van der Waals surface area contributed by atoms with E-state index < -0.39 is 17.7 Å². The lowest BCUT2D eigenvalue weighted by atomic mass is 9.91. The Labute approximate surface area is 128 Å². The molecule has 7 heteroatoms. The number of carbonyl (C=O) groups excluding carboxylic acids is 3. The highest BCUT2D eigenvalue weighted by molar-refractivity contribution is 6.11. The molecule has 1 aromatic carbocycles. The average Bonchev–Trinajstić information content (AvgIpc) is 2.50. The van der Waals surface area contributed by atoms with Gasteiger partial charge < -0.3 is 20.7 Å². The van der Waals surface area contributed by atoms with Gasteiger partial charge in [0.1, 0.15) is 12.5 Å². The fraction of sp³-hybridized carbons (Fsp3) is 0.400. The van der Waals surface area contributed by atoms with Gasteiger partial charge in [0, 0.05) is 19.3 Å². The number of nitrogens with zero attached hydrogens (tertiary/aromatic N) is 1. The van der Waals surface area contributed by atoms with Crippen LogP contribution in [0.15, 0.2) is 24.3 Å². The number of rotatable bonds is 6. The normalized spacial score (nSPS) is 17.0. The molecular weight excluding hydrogens is 286 g/mol. The molecule has 22 heavy (non-hydrogen) atoms. The van der Waals surface area contributed by atoms with Gasteiger partial charge in [0.25, 0.3) is 0 Å². The van der Waals surface area contributed by atoms with Crippen molar-refractivity contribution in [1.82, 2.24) is 5.32 Å². The van der Waals surface area contributed by atoms with Gasteiger partial charge >= 0.3 is 0 Å². The Bertz CT molecular complexity index is 588. The van der Waals surface area contributed by atoms with Crippen LogP contribution in [0.1, 0.15) is 5.56 Å². The van der Waals surface area contributed by atoms with Crippen molar-refractivity contribution in [3.63, 3.8) is 0 Å². The summed E-state index contributed by atoms with van der Waals surface area (Å²) in [5.74, 6) is -2.36. The van der Waals surface area contributed by atoms with Gasteiger partial charge in [-0.25, -0.2) is 0 Å². The molecule has 1 aliphatic rings. The first kappa shape index (κ1) is 16.0. The van der Waals surface area contributed by atoms with Crippen molar-refractivity contribution >= 4 is 23.4 Å². The van der Waals surface area contributed by atoms with Crippen molar-refractivity contribution in [2.45, 2.75) is 6.42 Å². The first-order chi connectivity index (χ1) is 10.5. The van der Waals surface area contributed by atoms with E-state index in [9.17, 15) is 14.4 Å². The first-order valence-electron chi connectivity index (χ1n) is 6.99. The molecule has 0 aliphatic carbocycles. The number of para-hydroxylation sites is 1. The third-order valence-corrected chi connectivity index (χ3v) is 3.54. The van der Waals surface area contributed by atoms with E-state index in [1.54, 1.807) is 12.1 Å². The molecule has 0 bridgehead atoms. The van der Waals surface area contributed by atoms with Crippen LogP contribution >= 0.6 is 0 Å². The molecule has 1 atom stereocenters. The summed E-state index contributed by atoms with van der Waals surface area (Å²) >= 11 is 0. The summed E-state index contributed by atoms with van der Waals surface area (Å²) in [5, 5.41) is 2.65. The van der Waals surface area contributed by atoms with E-state index in [2.05, 4.69) is 5.32 Å². The molecule has 1 heterocycles. The van der Waals surface area contributed by atoms with Gasteiger partial charge in [-0.05, 0) is 18.1 Å². The fourth-order valence-corrected chi connectivity index (χ4v) is 2.44. The molecule has 1 unspecified atom stereocenters. The summed E-state index contributed by atoms with van der Waals surface area (Å²) in [6.45, 7) is 0.599. The number of amides is 3. The van der Waals surface area contributed by atoms with E-state index in [1.807, 2.05) is 12.1 Å². The van der Waals surface area contributed by atoms with E-state index in [-0.39, 0.29) is 18.9 Å². The highest BCUT2D eigenvalue weighted by Crippen LogP contribution is 2.30. The van der Waals surface area contributed by atoms with E-state index in [0.717, 1.165) is 5.56 Å². The second-order valence-corrected chi connectivity index (χ2v) is 5.05. The van der Waals surface area contributed by atoms with Crippen molar-refractivity contribution in [1.29, 1.82) is 0 Å². The molecule has 0 spiro atoms. The molecule has 118 valence electrons. The standard InChI is InChI=1S/C15H19N3O4/c1-22-7-6-17-13(19)9-18-12-5-3-2-4-10(12)8-11(14(16)20)15(18)21/h2-5,11H,6-9H2,1H3,(H2,16,20)(H,17,19). The quantitative estimate of drug-likeness (QED) is 0.543. The molecule has 0 radical (unpaired) electrons. The maximum atomic E-state index is 12.4. The number of carbonyl (C=O) groups is 3. The number of nitrogens with one attached hydrogen (secondary N) is 1. The van der Waals surface area contributed by atoms with Gasteiger partial charge in [0.15, 0.2) is 0 Å². The van der Waals surface area contributed by atoms with Crippen LogP contribution in [0, 0.1) is 5.92 Å². The van der Waals surface area contributed by atoms with Gasteiger partial charge in [-0.3, -0.25) is 14.4 Å². The summed E-state index contributed by atoms with van der Waals surface area (Å²) in [6, 6.07) is 7.19. The summed E-state index contributed by atoms with van der Waals surface area (Å²) in [7, 11) is 1.54. The first-order valence-corrected chi connectivity index (χ1v) is 6.99. The Morgan fingerprint density at radius 3 is 2.82 bits per heavy atom. The van der Waals surface area contributed by atoms with Crippen molar-refractivity contribution in [2.75, 3.05) is 31.7 Å². The third kappa shape index (κ3) is 3.43. The van der Waals surface area contributed by atoms with Gasteiger partial charge in [-0.15, -0.1) is 0 Å². The Morgan fingerprint density at radius 2 is 2.14 bits per heavy atom. The van der Waals surface area contributed by atoms with Crippen LogP contribution in [-0.2, 0) is 25.5 Å². The Kier molecular flexibility index (Phi) is 5.11. The van der Waals surface area contributed by atoms with Crippen molar-refractivity contribution in [3.8, 4) is 0 Å². The zero-order valence-electron chi connectivity index (χ0n) is 12.4. The van der Waals surface area contributed by atoms with E-state index in [0.29, 0.717) is 18.8 Å². The number of anilines is 1. The lowest BCUT2D eigenvalue weighted by Crippen LogP contribution is -2.50. The lowest BCUT2D eigenvalue weighted by molar-refractivity contribution is -0.133. The number of nitrogens with two attached hydrogens (primary N) is 1. The number of hydrogen-bond acceptors (Lipinski definition) is 4. The van der Waals surface area contributed by atoms with E-state index in [4.69, 9.17) is 10.5 Å². The Balaban J connectivity index is 2.18. The summed E-state index contributed by atoms with van der Waals surface area (Å²) in [5.41, 5.74) is 6.78. The number of ether oxygens (including phenoxy) is 1. The Morgan fingerprint density at radius 1 is 1.41 bits per heavy atom. The predicted molar refractivity (Wildman–Crippen MR) is 80.1 cm³/mol. The number of hydrogen-bond donors (Lipinski definition) is 2. The molecule has 7 nitrogen and oxygen atoms in total. The van der Waals surface area contributed by atoms with Gasteiger partial charge in [-0.1, -0.05) is 18.2 Å². The monoisotopic (exact) mass is 305 g/mol. The van der Waals surface area contributed by atoms with E-state index >= 15 is 0 Å². The zero-order valence-corrected chi connectivity index (χ0v) is 12.4. The summed E-state index contributed by atoms with van der Waals surface area (Å²) < 4.78 is 4.85. The van der Waals surface area contributed by atoms with Crippen molar-refractivity contribution in [2.24, 2.45) is 11.7 Å². The van der Waals surface area contributed by atoms with Crippen LogP contribution < -0.4 is 16.0 Å². The van der Waals surface area contributed by atoms with Crippen LogP contribution in [0.5, 0.6) is 0 Å². The molecule has 0 saturated heterocycles. The smallest absolute Gasteiger partial charge is 0.240 e. The molecule has 3 N–H and O–H groups in total. The van der Waals surface area contributed by atoms with Crippen LogP contribution in [0.2, 0.25) is 0 Å². The molecule has 0 aromatic heterocycles. The molecule has 3 amide bonds. The molecule has 0 fully saturated rings. The topological polar surface area (TPSA) is 102 Å². The third-order valence-electron chi connectivity index (χ3n) is 3.54. The molecule has 1 aliphatic heterocycles. The summed E-state index contributed by atoms with van der Waals surface area (Å²) in [4.78, 5) is 37.1. The SMILES string of the molecule is COCCNC(=O)CN1C(=O)C(C(N)=O)Cc2ccccc21. The largest absolute Gasteiger partial charge is 0.383 e. The highest BCUT2D eigenvalue weighted by atomic mass is 16.5. The van der Waals surface area contributed by atoms with Crippen LogP contribution in [-0.4, -0.2) is 44.5 Å². The number of primary amides is 1. The molecular formula is C15H19N3O4. The second-order valence-electron chi connectivity index (χ2n) is 5.05. The van der Waals surface area contributed by atoms with Crippen molar-refractivity contribution < 1.29 is 19.1 Å². The minimum atomic E-state index is -0.929. The molecule has 0 saturated carbocycles. The van der Waals surface area contributed by atoms with Crippen LogP contribution in [0.25, 0.3) is 0 Å². The van der Waals surface area contributed by atoms with Crippen LogP contribution in [0.4, 0.5) is 5.69 Å². The predicted octanol–water partition coefficient (Wildman–Crippen LogP) is -0.560. The maximum absolute atomic E-state index is 12.4. The van der Waals surface area contributed by atoms with Gasteiger partial charge in [0.05, 0.1) is 6.61 Å². The average molecular weight is 305 g/mol. The van der Waals surface area contributed by atoms with E-state index in [1.165, 1.54) is 12.0 Å². The van der Waals surface area contributed by atoms with Gasteiger partial charge in [-0.2, -0.15) is 0 Å². The minimum Gasteiger partial charge on any atom is -0.383 e. The maximum Gasteiger partial charge on any atom is 0.240 e. The number of methoxy groups -OCH3 is 1. The number of fused-ring (bicyclic) bond motifs is 1. The minimum absolute atomic E-state index is 0.149. The fourth-order valence-electron chi connectivity index (χ4n) is 2.44. The molecule has 2 rings (SSSR count). The Hall–Kier alpha value is -2.41. The van der Waals surface area contributed by atoms with Crippen LogP contribution in [0.3, 0.4) is 0 Å². The van der Waals surface area contributed by atoms with Crippen molar-refractivity contribution in [3.05, 3.63) is 29.8 Å². The number of benzene rings is 1.